The van der Waals surface area contributed by atoms with Gasteiger partial charge >= 0.3 is 0 Å². The number of nitro groups is 1. The first-order valence-electron chi connectivity index (χ1n) is 29.4. The van der Waals surface area contributed by atoms with Crippen LogP contribution in [0.1, 0.15) is 92.5 Å². The number of ether oxygens (including phenoxy) is 1. The lowest BCUT2D eigenvalue weighted by Gasteiger charge is -2.28. The molecule has 11 aromatic rings. The highest BCUT2D eigenvalue weighted by molar-refractivity contribution is 5.87. The molecule has 0 aromatic heterocycles. The quantitative estimate of drug-likeness (QED) is 0.112. The molecular weight excluding hydrogens is 1060 g/mol. The Morgan fingerprint density at radius 3 is 1.33 bits per heavy atom. The van der Waals surface area contributed by atoms with Crippen LogP contribution >= 0.6 is 0 Å². The highest BCUT2D eigenvalue weighted by Gasteiger charge is 2.15. The summed E-state index contributed by atoms with van der Waals surface area (Å²) in [6, 6.07) is 86.4. The summed E-state index contributed by atoms with van der Waals surface area (Å²) in [5.41, 5.74) is 10.7. The van der Waals surface area contributed by atoms with Crippen LogP contribution in [-0.4, -0.2) is 33.3 Å². The van der Waals surface area contributed by atoms with Gasteiger partial charge in [0.2, 0.25) is 0 Å². The van der Waals surface area contributed by atoms with E-state index in [2.05, 4.69) is 141 Å². The molecule has 1 saturated heterocycles. The summed E-state index contributed by atoms with van der Waals surface area (Å²) in [4.78, 5) is 12.2. The van der Waals surface area contributed by atoms with E-state index < -0.39 is 4.92 Å². The van der Waals surface area contributed by atoms with E-state index in [1.54, 1.807) is 78.4 Å². The molecule has 11 aromatic carbocycles. The van der Waals surface area contributed by atoms with E-state index in [4.69, 9.17) is 20.1 Å². The molecule has 0 bridgehead atoms. The molecule has 0 radical (unpaired) electrons. The highest BCUT2D eigenvalue weighted by Crippen LogP contribution is 2.33. The lowest BCUT2D eigenvalue weighted by molar-refractivity contribution is -0.384. The smallest absolute Gasteiger partial charge is 0.269 e. The van der Waals surface area contributed by atoms with Crippen molar-refractivity contribution in [2.24, 2.45) is 0 Å². The predicted molar refractivity (Wildman–Crippen MR) is 361 cm³/mol. The minimum Gasteiger partial charge on any atom is -0.508 e. The maximum Gasteiger partial charge on any atom is 0.269 e. The van der Waals surface area contributed by atoms with E-state index in [0.717, 1.165) is 28.0 Å². The molecule has 2 aliphatic rings. The van der Waals surface area contributed by atoms with Crippen molar-refractivity contribution in [2.75, 3.05) is 18.0 Å². The van der Waals surface area contributed by atoms with Crippen LogP contribution in [0.3, 0.4) is 0 Å². The van der Waals surface area contributed by atoms with Crippen molar-refractivity contribution >= 4 is 32.9 Å². The maximum atomic E-state index is 10.1. The zero-order valence-electron chi connectivity index (χ0n) is 49.5. The molecule has 0 atom stereocenters. The van der Waals surface area contributed by atoms with Crippen molar-refractivity contribution in [1.29, 1.82) is 0 Å². The Morgan fingerprint density at radius 2 is 0.802 bits per heavy atom. The largest absolute Gasteiger partial charge is 0.508 e. The number of aryl methyl sites for hydroxylation is 4. The van der Waals surface area contributed by atoms with Crippen molar-refractivity contribution in [3.8, 4) is 39.9 Å². The zero-order valence-corrected chi connectivity index (χ0v) is 49.5. The second kappa shape index (κ2) is 35.5. The predicted octanol–water partition coefficient (Wildman–Crippen LogP) is 21.5. The molecule has 8 heteroatoms. The fraction of sp³-hybridized carbons (Fsp3) is 0.205. The average molecular weight is 1150 g/mol. The van der Waals surface area contributed by atoms with Crippen molar-refractivity contribution in [1.82, 2.24) is 0 Å². The van der Waals surface area contributed by atoms with Crippen LogP contribution in [0.25, 0.3) is 32.7 Å². The lowest BCUT2D eigenvalue weighted by atomic mass is 9.84. The van der Waals surface area contributed by atoms with Gasteiger partial charge in [0.15, 0.2) is 0 Å². The summed E-state index contributed by atoms with van der Waals surface area (Å²) in [7, 11) is 0. The van der Waals surface area contributed by atoms with Gasteiger partial charge in [0.25, 0.3) is 5.69 Å². The van der Waals surface area contributed by atoms with Gasteiger partial charge in [0.05, 0.1) is 4.92 Å². The fourth-order valence-electron chi connectivity index (χ4n) is 9.71. The van der Waals surface area contributed by atoms with Crippen LogP contribution in [-0.2, 0) is 0 Å². The lowest BCUT2D eigenvalue weighted by Crippen LogP contribution is -2.29. The van der Waals surface area contributed by atoms with Crippen molar-refractivity contribution in [3.05, 3.63) is 305 Å². The summed E-state index contributed by atoms with van der Waals surface area (Å²) in [6.45, 7) is 10.8. The average Bonchev–Trinajstić information content (AvgIpc) is 3.74. The molecule has 1 aliphatic carbocycles. The fourth-order valence-corrected chi connectivity index (χ4v) is 9.71. The van der Waals surface area contributed by atoms with Gasteiger partial charge in [-0.15, -0.1) is 0 Å². The number of nitrogens with zero attached hydrogens (tertiary/aromatic N) is 2. The Hall–Kier alpha value is -9.66. The van der Waals surface area contributed by atoms with Crippen LogP contribution in [0.5, 0.6) is 28.7 Å². The third-order valence-corrected chi connectivity index (χ3v) is 14.6. The van der Waals surface area contributed by atoms with Crippen molar-refractivity contribution < 1.29 is 25.0 Å². The van der Waals surface area contributed by atoms with Crippen molar-refractivity contribution in [3.63, 3.8) is 0 Å². The second-order valence-electron chi connectivity index (χ2n) is 21.4. The first-order chi connectivity index (χ1) is 41.3. The number of nitro benzene ring substituents is 1. The summed E-state index contributed by atoms with van der Waals surface area (Å²) in [5, 5.41) is 41.8. The van der Waals surface area contributed by atoms with Gasteiger partial charge < -0.3 is 25.0 Å². The number of anilines is 1. The number of phenolic OH excluding ortho intramolecular Hbond substituents is 3. The molecule has 0 spiro atoms. The number of aromatic hydroxyl groups is 3. The first-order valence-corrected chi connectivity index (χ1v) is 29.4. The van der Waals surface area contributed by atoms with E-state index >= 15 is 0 Å². The number of non-ortho nitro benzene ring substituents is 1. The van der Waals surface area contributed by atoms with Crippen molar-refractivity contribution in [2.45, 2.75) is 92.4 Å². The highest BCUT2D eigenvalue weighted by atomic mass is 16.6. The number of hydrogen-bond donors (Lipinski definition) is 3. The number of hydrogen-bond acceptors (Lipinski definition) is 7. The van der Waals surface area contributed by atoms with Crippen LogP contribution in [0, 0.1) is 37.8 Å². The summed E-state index contributed by atoms with van der Waals surface area (Å²) < 4.78 is 5.52. The minimum atomic E-state index is -0.403. The Bertz CT molecular complexity index is 3600. The third-order valence-electron chi connectivity index (χ3n) is 14.6. The molecule has 442 valence electrons. The monoisotopic (exact) mass is 1140 g/mol. The number of piperidine rings is 1. The van der Waals surface area contributed by atoms with Gasteiger partial charge in [-0.3, -0.25) is 10.1 Å². The number of rotatable bonds is 6. The van der Waals surface area contributed by atoms with Crippen LogP contribution in [0.15, 0.2) is 267 Å². The Morgan fingerprint density at radius 1 is 0.395 bits per heavy atom. The van der Waals surface area contributed by atoms with Gasteiger partial charge in [-0.25, -0.2) is 0 Å². The standard InChI is InChI=1S/C17H14.C13H18.C12H17N.C12H10O2.C10H8O.C7H7NO2.C6H6O.CH4/c1-13-6-8-15(9-7-13)17-11-10-14-4-2-3-5-16(14)12-17;1-11-7-9-13(10-8-11)12-5-3-2-4-6-12;1-11-5-7-12(8-6-11)13-9-3-2-4-10-13;13-10-6-8-12(9-7-10)14-11-4-2-1-3-5-11;11-10-6-5-8-3-1-2-4-9(8)7-10;1-6-2-4-7(5-3-6)8(9)10;7-6-4-2-1-3-5-6;/h2-12H,1H3;7-10,12H,2-6H2,1H3;5-8H,2-4,9-10H2,1H3;1-9,13H;1-7,11H;2-5H,1H3;1-5,7H;1H4. The van der Waals surface area contributed by atoms with E-state index in [1.807, 2.05) is 73.7 Å². The van der Waals surface area contributed by atoms with Crippen LogP contribution in [0.4, 0.5) is 11.4 Å². The summed E-state index contributed by atoms with van der Waals surface area (Å²) in [5.74, 6) is 3.25. The molecule has 8 nitrogen and oxygen atoms in total. The van der Waals surface area contributed by atoms with Gasteiger partial charge in [0, 0.05) is 30.9 Å². The third kappa shape index (κ3) is 22.8. The maximum absolute atomic E-state index is 10.1. The molecule has 1 saturated carbocycles. The molecule has 1 heterocycles. The van der Waals surface area contributed by atoms with Crippen LogP contribution < -0.4 is 9.64 Å². The van der Waals surface area contributed by atoms with Gasteiger partial charge in [0.1, 0.15) is 28.7 Å². The van der Waals surface area contributed by atoms with Gasteiger partial charge in [-0.05, 0) is 183 Å². The summed E-state index contributed by atoms with van der Waals surface area (Å²) >= 11 is 0. The van der Waals surface area contributed by atoms with E-state index in [-0.39, 0.29) is 18.9 Å². The van der Waals surface area contributed by atoms with Gasteiger partial charge in [-0.1, -0.05) is 225 Å². The second-order valence-corrected chi connectivity index (χ2v) is 21.4. The molecule has 0 unspecified atom stereocenters. The first kappa shape index (κ1) is 65.5. The van der Waals surface area contributed by atoms with E-state index in [9.17, 15) is 10.1 Å². The topological polar surface area (TPSA) is 116 Å². The molecule has 13 rings (SSSR count). The SMILES string of the molecule is C.Cc1ccc(-c2ccc3ccccc3c2)cc1.Cc1ccc(C2CCCCC2)cc1.Cc1ccc(N2CCCCC2)cc1.Cc1ccc([N+](=O)[O-])cc1.Oc1ccc(Oc2ccccc2)cc1.Oc1ccc2ccccc2c1.Oc1ccccc1. The number of fused-ring (bicyclic) bond motifs is 2. The molecule has 1 aliphatic heterocycles. The minimum absolute atomic E-state index is 0. The number of para-hydroxylation sites is 2. The molecule has 86 heavy (non-hydrogen) atoms. The normalized spacial score (nSPS) is 12.3. The Labute approximate surface area is 510 Å². The summed E-state index contributed by atoms with van der Waals surface area (Å²) in [6.07, 6.45) is 11.2. The molecular formula is C78H84N2O6. The van der Waals surface area contributed by atoms with Gasteiger partial charge in [-0.2, -0.15) is 0 Å². The van der Waals surface area contributed by atoms with E-state index in [1.165, 1.54) is 121 Å². The van der Waals surface area contributed by atoms with Crippen LogP contribution in [0.2, 0.25) is 0 Å². The Kier molecular flexibility index (Phi) is 27.0. The molecule has 2 fully saturated rings. The number of phenols is 3. The zero-order chi connectivity index (χ0) is 60.0. The molecule has 3 N–H and O–H groups in total. The molecule has 0 amide bonds. The van der Waals surface area contributed by atoms with E-state index in [0.29, 0.717) is 17.2 Å². The Balaban J connectivity index is 0.000000162. The number of benzene rings is 11.